The molecule has 3 atom stereocenters. The van der Waals surface area contributed by atoms with Gasteiger partial charge in [-0.3, -0.25) is 4.79 Å². The first-order valence-electron chi connectivity index (χ1n) is 7.52. The van der Waals surface area contributed by atoms with Crippen molar-refractivity contribution in [2.24, 2.45) is 16.7 Å². The molecule has 3 rings (SSSR count). The van der Waals surface area contributed by atoms with Gasteiger partial charge in [0.2, 0.25) is 0 Å². The maximum atomic E-state index is 12.6. The van der Waals surface area contributed by atoms with E-state index in [0.29, 0.717) is 21.9 Å². The summed E-state index contributed by atoms with van der Waals surface area (Å²) < 4.78 is 0.760. The van der Waals surface area contributed by atoms with E-state index in [1.54, 1.807) is 6.07 Å². The first-order chi connectivity index (χ1) is 9.77. The number of carbonyl (C=O) groups excluding carboxylic acids is 1. The van der Waals surface area contributed by atoms with Crippen LogP contribution in [0.2, 0.25) is 5.02 Å². The second-order valence-electron chi connectivity index (χ2n) is 7.24. The molecule has 0 radical (unpaired) electrons. The van der Waals surface area contributed by atoms with Crippen molar-refractivity contribution >= 4 is 33.4 Å². The van der Waals surface area contributed by atoms with Crippen molar-refractivity contribution < 1.29 is 4.79 Å². The van der Waals surface area contributed by atoms with Crippen molar-refractivity contribution in [3.63, 3.8) is 0 Å². The Bertz CT molecular complexity index is 600. The topological polar surface area (TPSA) is 29.1 Å². The molecule has 0 spiro atoms. The van der Waals surface area contributed by atoms with Crippen LogP contribution in [0.25, 0.3) is 0 Å². The second-order valence-corrected chi connectivity index (χ2v) is 8.47. The number of carbonyl (C=O) groups is 1. The van der Waals surface area contributed by atoms with E-state index >= 15 is 0 Å². The second kappa shape index (κ2) is 4.99. The van der Waals surface area contributed by atoms with E-state index in [9.17, 15) is 4.79 Å². The first kappa shape index (κ1) is 15.4. The smallest absolute Gasteiger partial charge is 0.253 e. The summed E-state index contributed by atoms with van der Waals surface area (Å²) >= 11 is 9.61. The molecule has 0 aliphatic heterocycles. The highest BCUT2D eigenvalue weighted by Gasteiger charge is 2.61. The molecule has 0 heterocycles. The van der Waals surface area contributed by atoms with Gasteiger partial charge in [0.25, 0.3) is 5.91 Å². The number of hydrogen-bond acceptors (Lipinski definition) is 1. The molecule has 114 valence electrons. The lowest BCUT2D eigenvalue weighted by molar-refractivity contribution is 0.0826. The molecule has 0 saturated heterocycles. The van der Waals surface area contributed by atoms with E-state index < -0.39 is 0 Å². The summed E-state index contributed by atoms with van der Waals surface area (Å²) in [7, 11) is 0. The maximum Gasteiger partial charge on any atom is 0.253 e. The highest BCUT2D eigenvalue weighted by molar-refractivity contribution is 9.10. The quantitative estimate of drug-likeness (QED) is 0.775. The molecule has 3 unspecified atom stereocenters. The van der Waals surface area contributed by atoms with Crippen LogP contribution in [0.3, 0.4) is 0 Å². The van der Waals surface area contributed by atoms with Crippen molar-refractivity contribution in [1.82, 2.24) is 5.32 Å². The number of halogens is 2. The van der Waals surface area contributed by atoms with Crippen molar-refractivity contribution in [3.8, 4) is 0 Å². The molecule has 2 bridgehead atoms. The molecule has 2 aliphatic carbocycles. The Hall–Kier alpha value is -0.540. The van der Waals surface area contributed by atoms with Crippen LogP contribution in [0.1, 0.15) is 50.4 Å². The van der Waals surface area contributed by atoms with Crippen LogP contribution >= 0.6 is 27.5 Å². The van der Waals surface area contributed by atoms with E-state index in [4.69, 9.17) is 11.6 Å². The summed E-state index contributed by atoms with van der Waals surface area (Å²) in [6, 6.07) is 5.72. The molecule has 2 nitrogen and oxygen atoms in total. The molecule has 1 N–H and O–H groups in total. The van der Waals surface area contributed by atoms with Gasteiger partial charge in [-0.15, -0.1) is 0 Å². The average molecular weight is 371 g/mol. The van der Waals surface area contributed by atoms with Crippen molar-refractivity contribution in [1.29, 1.82) is 0 Å². The minimum absolute atomic E-state index is 0.0594. The normalized spacial score (nSPS) is 33.2. The molecular formula is C17H21BrClNO. The third-order valence-corrected chi connectivity index (χ3v) is 7.59. The average Bonchev–Trinajstić information content (AvgIpc) is 2.75. The van der Waals surface area contributed by atoms with Crippen LogP contribution in [0, 0.1) is 16.7 Å². The van der Waals surface area contributed by atoms with Crippen LogP contribution < -0.4 is 5.32 Å². The summed E-state index contributed by atoms with van der Waals surface area (Å²) in [5.41, 5.74) is 1.04. The van der Waals surface area contributed by atoms with Gasteiger partial charge in [-0.05, 0) is 64.1 Å². The Balaban J connectivity index is 1.82. The fraction of sp³-hybridized carbons (Fsp3) is 0.588. The van der Waals surface area contributed by atoms with Crippen LogP contribution in [0.4, 0.5) is 0 Å². The van der Waals surface area contributed by atoms with Gasteiger partial charge in [0.1, 0.15) is 0 Å². The highest BCUT2D eigenvalue weighted by atomic mass is 79.9. The fourth-order valence-electron chi connectivity index (χ4n) is 4.34. The van der Waals surface area contributed by atoms with Crippen molar-refractivity contribution in [2.75, 3.05) is 0 Å². The van der Waals surface area contributed by atoms with Gasteiger partial charge in [0.05, 0.1) is 10.6 Å². The van der Waals surface area contributed by atoms with E-state index in [2.05, 4.69) is 42.0 Å². The molecular weight excluding hydrogens is 350 g/mol. The SMILES string of the molecule is CC1(C)C2CCC1(C)C(NC(=O)c1cccc(Br)c1Cl)C2. The van der Waals surface area contributed by atoms with E-state index in [1.807, 2.05) is 12.1 Å². The van der Waals surface area contributed by atoms with Gasteiger partial charge in [-0.1, -0.05) is 38.4 Å². The summed E-state index contributed by atoms with van der Waals surface area (Å²) in [6.45, 7) is 7.03. The Labute approximate surface area is 139 Å². The molecule has 1 aromatic rings. The summed E-state index contributed by atoms with van der Waals surface area (Å²) in [6.07, 6.45) is 3.57. The third kappa shape index (κ3) is 2.16. The summed E-state index contributed by atoms with van der Waals surface area (Å²) in [4.78, 5) is 12.6. The predicted molar refractivity (Wildman–Crippen MR) is 89.6 cm³/mol. The first-order valence-corrected chi connectivity index (χ1v) is 8.69. The van der Waals surface area contributed by atoms with Crippen molar-refractivity contribution in [2.45, 2.75) is 46.1 Å². The van der Waals surface area contributed by atoms with Gasteiger partial charge < -0.3 is 5.32 Å². The van der Waals surface area contributed by atoms with Gasteiger partial charge in [-0.2, -0.15) is 0 Å². The molecule has 1 amide bonds. The number of rotatable bonds is 2. The van der Waals surface area contributed by atoms with Crippen LogP contribution in [0.15, 0.2) is 22.7 Å². The molecule has 2 fully saturated rings. The standard InChI is InChI=1S/C17H21BrClNO/c1-16(2)10-7-8-17(16,3)13(9-10)20-15(21)11-5-4-6-12(18)14(11)19/h4-6,10,13H,7-9H2,1-3H3,(H,20,21). The predicted octanol–water partition coefficient (Wildman–Crippen LogP) is 5.05. The van der Waals surface area contributed by atoms with Gasteiger partial charge >= 0.3 is 0 Å². The lowest BCUT2D eigenvalue weighted by Crippen LogP contribution is -2.46. The van der Waals surface area contributed by atoms with Crippen LogP contribution in [-0.4, -0.2) is 11.9 Å². The number of amides is 1. The lowest BCUT2D eigenvalue weighted by Gasteiger charge is -2.39. The monoisotopic (exact) mass is 369 g/mol. The zero-order chi connectivity index (χ0) is 15.4. The Morgan fingerprint density at radius 2 is 2.10 bits per heavy atom. The van der Waals surface area contributed by atoms with E-state index in [1.165, 1.54) is 12.8 Å². The number of fused-ring (bicyclic) bond motifs is 2. The van der Waals surface area contributed by atoms with E-state index in [0.717, 1.165) is 10.9 Å². The van der Waals surface area contributed by atoms with Gasteiger partial charge in [-0.25, -0.2) is 0 Å². The van der Waals surface area contributed by atoms with Gasteiger partial charge in [0.15, 0.2) is 0 Å². The Morgan fingerprint density at radius 1 is 1.38 bits per heavy atom. The zero-order valence-corrected chi connectivity index (χ0v) is 15.0. The Morgan fingerprint density at radius 3 is 2.67 bits per heavy atom. The van der Waals surface area contributed by atoms with Gasteiger partial charge in [0, 0.05) is 10.5 Å². The van der Waals surface area contributed by atoms with Crippen LogP contribution in [0.5, 0.6) is 0 Å². The maximum absolute atomic E-state index is 12.6. The third-order valence-electron chi connectivity index (χ3n) is 6.30. The highest BCUT2D eigenvalue weighted by Crippen LogP contribution is 2.65. The molecule has 0 aromatic heterocycles. The molecule has 2 saturated carbocycles. The molecule has 4 heteroatoms. The van der Waals surface area contributed by atoms with E-state index in [-0.39, 0.29) is 17.4 Å². The zero-order valence-electron chi connectivity index (χ0n) is 12.7. The molecule has 21 heavy (non-hydrogen) atoms. The molecule has 1 aromatic carbocycles. The number of nitrogens with one attached hydrogen (secondary N) is 1. The van der Waals surface area contributed by atoms with Crippen LogP contribution in [-0.2, 0) is 0 Å². The lowest BCUT2D eigenvalue weighted by atomic mass is 9.69. The summed E-state index contributed by atoms with van der Waals surface area (Å²) in [5.74, 6) is 0.654. The van der Waals surface area contributed by atoms with Crippen molar-refractivity contribution in [3.05, 3.63) is 33.3 Å². The minimum Gasteiger partial charge on any atom is -0.349 e. The number of benzene rings is 1. The minimum atomic E-state index is -0.0594. The molecule has 2 aliphatic rings. The number of hydrogen-bond donors (Lipinski definition) is 1. The Kier molecular flexibility index (Phi) is 3.65. The largest absolute Gasteiger partial charge is 0.349 e. The fourth-order valence-corrected chi connectivity index (χ4v) is 4.92. The summed E-state index contributed by atoms with van der Waals surface area (Å²) in [5, 5.41) is 3.74.